The molecule has 2 aromatic rings. The second-order valence-electron chi connectivity index (χ2n) is 4.96. The van der Waals surface area contributed by atoms with E-state index in [1.165, 1.54) is 0 Å². The second-order valence-corrected chi connectivity index (χ2v) is 5.82. The fourth-order valence-corrected chi connectivity index (χ4v) is 2.77. The minimum absolute atomic E-state index is 0.563. The summed E-state index contributed by atoms with van der Waals surface area (Å²) in [6, 6.07) is 9.66. The highest BCUT2D eigenvalue weighted by atomic mass is 79.9. The molecule has 1 aromatic carbocycles. The van der Waals surface area contributed by atoms with Crippen LogP contribution in [0.15, 0.2) is 41.0 Å². The zero-order chi connectivity index (χ0) is 17.2. The van der Waals surface area contributed by atoms with Crippen LogP contribution in [0, 0.1) is 0 Å². The molecule has 2 rings (SSSR count). The van der Waals surface area contributed by atoms with Crippen LogP contribution in [-0.2, 0) is 6.54 Å². The van der Waals surface area contributed by atoms with Crippen LogP contribution in [0.3, 0.4) is 0 Å². The Morgan fingerprint density at radius 3 is 2.62 bits per heavy atom. The van der Waals surface area contributed by atoms with Crippen LogP contribution in [0.2, 0.25) is 0 Å². The zero-order valence-corrected chi connectivity index (χ0v) is 15.6. The maximum absolute atomic E-state index is 5.68. The van der Waals surface area contributed by atoms with Gasteiger partial charge in [0.15, 0.2) is 11.5 Å². The van der Waals surface area contributed by atoms with E-state index in [1.807, 2.05) is 44.2 Å². The molecule has 6 heteroatoms. The van der Waals surface area contributed by atoms with Crippen molar-refractivity contribution in [2.45, 2.75) is 20.4 Å². The number of nitrogens with one attached hydrogen (secondary N) is 1. The van der Waals surface area contributed by atoms with Gasteiger partial charge in [0.05, 0.1) is 17.7 Å². The van der Waals surface area contributed by atoms with Crippen molar-refractivity contribution in [3.8, 4) is 17.4 Å². The van der Waals surface area contributed by atoms with Crippen molar-refractivity contribution in [3.05, 3.63) is 46.6 Å². The first-order chi connectivity index (χ1) is 11.7. The van der Waals surface area contributed by atoms with Crippen LogP contribution in [0.1, 0.15) is 19.4 Å². The SMILES string of the molecule is CCOc1cc(CNCCOc2ccccn2)cc(Br)c1OCC. The highest BCUT2D eigenvalue weighted by Gasteiger charge is 2.11. The Morgan fingerprint density at radius 2 is 1.92 bits per heavy atom. The lowest BCUT2D eigenvalue weighted by molar-refractivity contribution is 0.285. The van der Waals surface area contributed by atoms with Crippen LogP contribution < -0.4 is 19.5 Å². The van der Waals surface area contributed by atoms with Gasteiger partial charge in [0, 0.05) is 25.4 Å². The number of benzene rings is 1. The van der Waals surface area contributed by atoms with Crippen molar-refractivity contribution in [1.29, 1.82) is 0 Å². The van der Waals surface area contributed by atoms with Crippen molar-refractivity contribution < 1.29 is 14.2 Å². The summed E-state index contributed by atoms with van der Waals surface area (Å²) in [4.78, 5) is 4.12. The van der Waals surface area contributed by atoms with Gasteiger partial charge in [0.1, 0.15) is 6.61 Å². The van der Waals surface area contributed by atoms with Crippen LogP contribution in [0.4, 0.5) is 0 Å². The monoisotopic (exact) mass is 394 g/mol. The molecule has 130 valence electrons. The van der Waals surface area contributed by atoms with Crippen molar-refractivity contribution in [2.24, 2.45) is 0 Å². The zero-order valence-electron chi connectivity index (χ0n) is 14.0. The third-order valence-electron chi connectivity index (χ3n) is 3.15. The fraction of sp³-hybridized carbons (Fsp3) is 0.389. The number of ether oxygens (including phenoxy) is 3. The van der Waals surface area contributed by atoms with Gasteiger partial charge >= 0.3 is 0 Å². The summed E-state index contributed by atoms with van der Waals surface area (Å²) in [7, 11) is 0. The highest BCUT2D eigenvalue weighted by molar-refractivity contribution is 9.10. The molecule has 24 heavy (non-hydrogen) atoms. The summed E-state index contributed by atoms with van der Waals surface area (Å²) in [5, 5.41) is 3.35. The molecule has 0 aliphatic heterocycles. The first-order valence-electron chi connectivity index (χ1n) is 8.07. The largest absolute Gasteiger partial charge is 0.490 e. The predicted molar refractivity (Wildman–Crippen MR) is 97.9 cm³/mol. The lowest BCUT2D eigenvalue weighted by Gasteiger charge is -2.15. The van der Waals surface area contributed by atoms with Gasteiger partial charge in [-0.05, 0) is 53.5 Å². The van der Waals surface area contributed by atoms with Gasteiger partial charge in [0.25, 0.3) is 0 Å². The summed E-state index contributed by atoms with van der Waals surface area (Å²) >= 11 is 3.56. The van der Waals surface area contributed by atoms with Crippen molar-refractivity contribution in [1.82, 2.24) is 10.3 Å². The third kappa shape index (κ3) is 5.69. The van der Waals surface area contributed by atoms with Crippen molar-refractivity contribution >= 4 is 15.9 Å². The Kier molecular flexibility index (Phi) is 7.85. The molecule has 0 spiro atoms. The maximum Gasteiger partial charge on any atom is 0.213 e. The molecule has 0 unspecified atom stereocenters. The Bertz CT molecular complexity index is 623. The van der Waals surface area contributed by atoms with E-state index in [0.29, 0.717) is 25.7 Å². The van der Waals surface area contributed by atoms with E-state index in [0.717, 1.165) is 34.6 Å². The number of pyridine rings is 1. The molecule has 0 radical (unpaired) electrons. The molecule has 0 amide bonds. The Morgan fingerprint density at radius 1 is 1.08 bits per heavy atom. The fourth-order valence-electron chi connectivity index (χ4n) is 2.16. The van der Waals surface area contributed by atoms with Crippen LogP contribution >= 0.6 is 15.9 Å². The summed E-state index contributed by atoms with van der Waals surface area (Å²) in [6.45, 7) is 7.13. The standard InChI is InChI=1S/C18H23BrN2O3/c1-3-22-16-12-14(11-15(19)18(16)23-4-2)13-20-9-10-24-17-7-5-6-8-21-17/h5-8,11-12,20H,3-4,9-10,13H2,1-2H3. The third-order valence-corrected chi connectivity index (χ3v) is 3.74. The van der Waals surface area contributed by atoms with Crippen LogP contribution in [-0.4, -0.2) is 31.3 Å². The van der Waals surface area contributed by atoms with Gasteiger partial charge in [-0.2, -0.15) is 0 Å². The average molecular weight is 395 g/mol. The molecule has 0 aliphatic carbocycles. The molecule has 0 atom stereocenters. The van der Waals surface area contributed by atoms with Gasteiger partial charge in [-0.1, -0.05) is 6.07 Å². The number of halogens is 1. The van der Waals surface area contributed by atoms with E-state index >= 15 is 0 Å². The van der Waals surface area contributed by atoms with E-state index in [9.17, 15) is 0 Å². The van der Waals surface area contributed by atoms with Gasteiger partial charge < -0.3 is 19.5 Å². The van der Waals surface area contributed by atoms with E-state index in [-0.39, 0.29) is 0 Å². The van der Waals surface area contributed by atoms with Crippen LogP contribution in [0.25, 0.3) is 0 Å². The lowest BCUT2D eigenvalue weighted by Crippen LogP contribution is -2.20. The van der Waals surface area contributed by atoms with Gasteiger partial charge in [-0.25, -0.2) is 4.98 Å². The summed E-state index contributed by atoms with van der Waals surface area (Å²) < 4.78 is 17.8. The topological polar surface area (TPSA) is 52.6 Å². The van der Waals surface area contributed by atoms with Gasteiger partial charge in [-0.3, -0.25) is 0 Å². The molecule has 1 aromatic heterocycles. The lowest BCUT2D eigenvalue weighted by atomic mass is 10.2. The van der Waals surface area contributed by atoms with E-state index in [4.69, 9.17) is 14.2 Å². The predicted octanol–water partition coefficient (Wildman–Crippen LogP) is 3.81. The Hall–Kier alpha value is -1.79. The molecule has 1 heterocycles. The molecule has 0 bridgehead atoms. The van der Waals surface area contributed by atoms with Crippen molar-refractivity contribution in [2.75, 3.05) is 26.4 Å². The molecule has 0 saturated heterocycles. The smallest absolute Gasteiger partial charge is 0.213 e. The second kappa shape index (κ2) is 10.2. The number of hydrogen-bond acceptors (Lipinski definition) is 5. The minimum atomic E-state index is 0.563. The normalized spacial score (nSPS) is 10.5. The molecule has 0 saturated carbocycles. The van der Waals surface area contributed by atoms with Gasteiger partial charge in [0.2, 0.25) is 5.88 Å². The number of aromatic nitrogens is 1. The Labute approximate surface area is 151 Å². The van der Waals surface area contributed by atoms with E-state index in [2.05, 4.69) is 26.2 Å². The summed E-state index contributed by atoms with van der Waals surface area (Å²) in [5.74, 6) is 2.15. The quantitative estimate of drug-likeness (QED) is 0.620. The Balaban J connectivity index is 1.85. The highest BCUT2D eigenvalue weighted by Crippen LogP contribution is 2.36. The van der Waals surface area contributed by atoms with E-state index < -0.39 is 0 Å². The minimum Gasteiger partial charge on any atom is -0.490 e. The molecule has 1 N–H and O–H groups in total. The van der Waals surface area contributed by atoms with Gasteiger partial charge in [-0.15, -0.1) is 0 Å². The number of hydrogen-bond donors (Lipinski definition) is 1. The molecular formula is C18H23BrN2O3. The number of rotatable bonds is 10. The number of nitrogens with zero attached hydrogens (tertiary/aromatic N) is 1. The molecule has 0 fully saturated rings. The molecule has 0 aliphatic rings. The summed E-state index contributed by atoms with van der Waals surface area (Å²) in [5.41, 5.74) is 1.12. The van der Waals surface area contributed by atoms with Crippen LogP contribution in [0.5, 0.6) is 17.4 Å². The maximum atomic E-state index is 5.68. The molecular weight excluding hydrogens is 372 g/mol. The first kappa shape index (κ1) is 18.5. The summed E-state index contributed by atoms with van der Waals surface area (Å²) in [6.07, 6.45) is 1.72. The van der Waals surface area contributed by atoms with Crippen molar-refractivity contribution in [3.63, 3.8) is 0 Å². The van der Waals surface area contributed by atoms with E-state index in [1.54, 1.807) is 6.20 Å². The molecule has 5 nitrogen and oxygen atoms in total. The average Bonchev–Trinajstić information content (AvgIpc) is 2.59. The first-order valence-corrected chi connectivity index (χ1v) is 8.86.